The van der Waals surface area contributed by atoms with Crippen LogP contribution in [0.25, 0.3) is 0 Å². The molecule has 1 aromatic rings. The standard InChI is InChI=1S/C10H11F2N3OS/c1-2-16-6-3-8(11)7(9(12)4-6)5-14-15-10(13)17/h3-5H,2H2,1H3,(H3,13,15,17). The maximum absolute atomic E-state index is 13.5. The molecule has 0 saturated carbocycles. The summed E-state index contributed by atoms with van der Waals surface area (Å²) < 4.78 is 31.9. The maximum Gasteiger partial charge on any atom is 0.184 e. The smallest absolute Gasteiger partial charge is 0.184 e. The second-order valence-corrected chi connectivity index (χ2v) is 3.41. The van der Waals surface area contributed by atoms with Gasteiger partial charge in [0.25, 0.3) is 0 Å². The van der Waals surface area contributed by atoms with E-state index < -0.39 is 11.6 Å². The van der Waals surface area contributed by atoms with Crippen molar-refractivity contribution >= 4 is 23.5 Å². The summed E-state index contributed by atoms with van der Waals surface area (Å²) in [6.45, 7) is 2.05. The fraction of sp³-hybridized carbons (Fsp3) is 0.200. The summed E-state index contributed by atoms with van der Waals surface area (Å²) in [5, 5.41) is 3.39. The third kappa shape index (κ3) is 3.95. The summed E-state index contributed by atoms with van der Waals surface area (Å²) in [5.41, 5.74) is 7.00. The predicted octanol–water partition coefficient (Wildman–Crippen LogP) is 1.53. The van der Waals surface area contributed by atoms with Gasteiger partial charge in [0.05, 0.1) is 18.4 Å². The van der Waals surface area contributed by atoms with Gasteiger partial charge >= 0.3 is 0 Å². The molecule has 0 aliphatic heterocycles. The normalized spacial score (nSPS) is 10.5. The van der Waals surface area contributed by atoms with Crippen molar-refractivity contribution in [3.63, 3.8) is 0 Å². The first-order chi connectivity index (χ1) is 8.04. The summed E-state index contributed by atoms with van der Waals surface area (Å²) in [6.07, 6.45) is 0.958. The molecule has 0 amide bonds. The van der Waals surface area contributed by atoms with E-state index in [9.17, 15) is 8.78 Å². The lowest BCUT2D eigenvalue weighted by molar-refractivity contribution is 0.336. The van der Waals surface area contributed by atoms with Crippen LogP contribution >= 0.6 is 12.2 Å². The number of halogens is 2. The van der Waals surface area contributed by atoms with E-state index in [2.05, 4.69) is 22.7 Å². The lowest BCUT2D eigenvalue weighted by Gasteiger charge is -2.05. The SMILES string of the molecule is CCOc1cc(F)c(C=NNC(N)=S)c(F)c1. The molecule has 0 atom stereocenters. The van der Waals surface area contributed by atoms with Crippen LogP contribution in [-0.4, -0.2) is 17.9 Å². The molecule has 0 unspecified atom stereocenters. The predicted molar refractivity (Wildman–Crippen MR) is 65.0 cm³/mol. The van der Waals surface area contributed by atoms with E-state index in [-0.39, 0.29) is 16.4 Å². The lowest BCUT2D eigenvalue weighted by atomic mass is 10.2. The van der Waals surface area contributed by atoms with Crippen LogP contribution in [0.15, 0.2) is 17.2 Å². The molecule has 7 heteroatoms. The van der Waals surface area contributed by atoms with Crippen molar-refractivity contribution in [1.82, 2.24) is 5.43 Å². The first-order valence-corrected chi connectivity index (χ1v) is 5.15. The molecule has 0 saturated heterocycles. The molecule has 0 bridgehead atoms. The third-order valence-corrected chi connectivity index (χ3v) is 1.82. The molecule has 0 aliphatic rings. The van der Waals surface area contributed by atoms with Crippen molar-refractivity contribution in [2.75, 3.05) is 6.61 Å². The highest BCUT2D eigenvalue weighted by molar-refractivity contribution is 7.80. The van der Waals surface area contributed by atoms with Gasteiger partial charge in [-0.05, 0) is 19.1 Å². The average Bonchev–Trinajstić information content (AvgIpc) is 2.22. The molecule has 0 heterocycles. The summed E-state index contributed by atoms with van der Waals surface area (Å²) in [6, 6.07) is 2.16. The van der Waals surface area contributed by atoms with Crippen molar-refractivity contribution in [3.8, 4) is 5.75 Å². The van der Waals surface area contributed by atoms with Gasteiger partial charge in [0, 0.05) is 12.1 Å². The molecule has 3 N–H and O–H groups in total. The molecule has 1 rings (SSSR count). The van der Waals surface area contributed by atoms with E-state index in [1.807, 2.05) is 0 Å². The maximum atomic E-state index is 13.5. The molecule has 4 nitrogen and oxygen atoms in total. The van der Waals surface area contributed by atoms with Crippen molar-refractivity contribution in [2.24, 2.45) is 10.8 Å². The van der Waals surface area contributed by atoms with Gasteiger partial charge in [-0.1, -0.05) is 0 Å². The third-order valence-electron chi connectivity index (χ3n) is 1.73. The summed E-state index contributed by atoms with van der Waals surface area (Å²) >= 11 is 4.48. The zero-order chi connectivity index (χ0) is 12.8. The number of benzene rings is 1. The molecule has 0 radical (unpaired) electrons. The number of rotatable bonds is 4. The number of nitrogens with zero attached hydrogens (tertiary/aromatic N) is 1. The van der Waals surface area contributed by atoms with Crippen LogP contribution in [0.5, 0.6) is 5.75 Å². The van der Waals surface area contributed by atoms with E-state index in [1.165, 1.54) is 0 Å². The number of hydrogen-bond donors (Lipinski definition) is 2. The molecular weight excluding hydrogens is 248 g/mol. The van der Waals surface area contributed by atoms with Crippen molar-refractivity contribution in [1.29, 1.82) is 0 Å². The molecule has 0 aromatic heterocycles. The Kier molecular flexibility index (Phi) is 4.77. The zero-order valence-corrected chi connectivity index (χ0v) is 9.85. The van der Waals surface area contributed by atoms with Gasteiger partial charge < -0.3 is 10.5 Å². The van der Waals surface area contributed by atoms with Gasteiger partial charge in [0.1, 0.15) is 17.4 Å². The van der Waals surface area contributed by atoms with Gasteiger partial charge in [0.15, 0.2) is 5.11 Å². The minimum atomic E-state index is -0.776. The van der Waals surface area contributed by atoms with E-state index in [1.54, 1.807) is 6.92 Å². The number of nitrogens with two attached hydrogens (primary N) is 1. The minimum absolute atomic E-state index is 0.0898. The molecule has 92 valence electrons. The lowest BCUT2D eigenvalue weighted by Crippen LogP contribution is -2.24. The van der Waals surface area contributed by atoms with Crippen LogP contribution in [0.4, 0.5) is 8.78 Å². The minimum Gasteiger partial charge on any atom is -0.494 e. The summed E-state index contributed by atoms with van der Waals surface area (Å²) in [7, 11) is 0. The topological polar surface area (TPSA) is 59.6 Å². The highest BCUT2D eigenvalue weighted by Gasteiger charge is 2.09. The highest BCUT2D eigenvalue weighted by Crippen LogP contribution is 2.19. The van der Waals surface area contributed by atoms with Gasteiger partial charge in [0.2, 0.25) is 0 Å². The Labute approximate surface area is 102 Å². The van der Waals surface area contributed by atoms with Gasteiger partial charge in [-0.25, -0.2) is 8.78 Å². The van der Waals surface area contributed by atoms with E-state index >= 15 is 0 Å². The number of nitrogens with one attached hydrogen (secondary N) is 1. The monoisotopic (exact) mass is 259 g/mol. The van der Waals surface area contributed by atoms with Crippen LogP contribution in [0.1, 0.15) is 12.5 Å². The molecular formula is C10H11F2N3OS. The first-order valence-electron chi connectivity index (χ1n) is 4.75. The molecule has 0 fully saturated rings. The molecule has 17 heavy (non-hydrogen) atoms. The quantitative estimate of drug-likeness (QED) is 0.489. The zero-order valence-electron chi connectivity index (χ0n) is 9.04. The van der Waals surface area contributed by atoms with Crippen LogP contribution in [0.3, 0.4) is 0 Å². The van der Waals surface area contributed by atoms with Crippen LogP contribution in [-0.2, 0) is 0 Å². The fourth-order valence-electron chi connectivity index (χ4n) is 1.09. The Hall–Kier alpha value is -1.76. The number of thiocarbonyl (C=S) groups is 1. The van der Waals surface area contributed by atoms with Gasteiger partial charge in [-0.2, -0.15) is 5.10 Å². The highest BCUT2D eigenvalue weighted by atomic mass is 32.1. The summed E-state index contributed by atoms with van der Waals surface area (Å²) in [5.74, 6) is -1.43. The Balaban J connectivity index is 2.93. The average molecular weight is 259 g/mol. The second-order valence-electron chi connectivity index (χ2n) is 2.97. The van der Waals surface area contributed by atoms with E-state index in [0.29, 0.717) is 6.61 Å². The van der Waals surface area contributed by atoms with Crippen LogP contribution in [0, 0.1) is 11.6 Å². The Morgan fingerprint density at radius 2 is 2.12 bits per heavy atom. The Morgan fingerprint density at radius 3 is 2.59 bits per heavy atom. The number of hydrogen-bond acceptors (Lipinski definition) is 3. The number of hydrazone groups is 1. The largest absolute Gasteiger partial charge is 0.494 e. The number of ether oxygens (including phenoxy) is 1. The first kappa shape index (κ1) is 13.3. The van der Waals surface area contributed by atoms with E-state index in [4.69, 9.17) is 10.5 Å². The molecule has 0 spiro atoms. The van der Waals surface area contributed by atoms with Crippen LogP contribution < -0.4 is 15.9 Å². The van der Waals surface area contributed by atoms with Crippen molar-refractivity contribution in [3.05, 3.63) is 29.3 Å². The van der Waals surface area contributed by atoms with Gasteiger partial charge in [-0.15, -0.1) is 0 Å². The van der Waals surface area contributed by atoms with Crippen molar-refractivity contribution < 1.29 is 13.5 Å². The fourth-order valence-corrected chi connectivity index (χ4v) is 1.15. The van der Waals surface area contributed by atoms with Crippen molar-refractivity contribution in [2.45, 2.75) is 6.92 Å². The van der Waals surface area contributed by atoms with E-state index in [0.717, 1.165) is 18.3 Å². The van der Waals surface area contributed by atoms with Crippen LogP contribution in [0.2, 0.25) is 0 Å². The van der Waals surface area contributed by atoms with Gasteiger partial charge in [-0.3, -0.25) is 5.43 Å². The second kappa shape index (κ2) is 6.09. The Bertz CT molecular complexity index is 428. The Morgan fingerprint density at radius 1 is 1.53 bits per heavy atom. The molecule has 1 aromatic carbocycles. The molecule has 0 aliphatic carbocycles. The summed E-state index contributed by atoms with van der Waals surface area (Å²) in [4.78, 5) is 0.